The fourth-order valence-corrected chi connectivity index (χ4v) is 1.29. The van der Waals surface area contributed by atoms with Gasteiger partial charge in [0.05, 0.1) is 0 Å². The van der Waals surface area contributed by atoms with E-state index in [2.05, 4.69) is 5.32 Å². The number of carbonyl (C=O) groups is 1. The Morgan fingerprint density at radius 1 is 1.47 bits per heavy atom. The van der Waals surface area contributed by atoms with Crippen molar-refractivity contribution in [3.05, 3.63) is 35.4 Å². The summed E-state index contributed by atoms with van der Waals surface area (Å²) in [6.45, 7) is 4.46. The highest BCUT2D eigenvalue weighted by molar-refractivity contribution is 5.95. The summed E-state index contributed by atoms with van der Waals surface area (Å²) in [6.07, 6.45) is 0.869. The van der Waals surface area contributed by atoms with Crippen LogP contribution in [0.25, 0.3) is 0 Å². The minimum atomic E-state index is -0.0444. The summed E-state index contributed by atoms with van der Waals surface area (Å²) in [7, 11) is 0. The van der Waals surface area contributed by atoms with E-state index >= 15 is 0 Å². The van der Waals surface area contributed by atoms with Gasteiger partial charge in [-0.25, -0.2) is 0 Å². The van der Waals surface area contributed by atoms with Crippen LogP contribution in [-0.2, 0) is 0 Å². The molecule has 82 valence electrons. The summed E-state index contributed by atoms with van der Waals surface area (Å²) in [5, 5.41) is 2.83. The zero-order valence-electron chi connectivity index (χ0n) is 9.29. The summed E-state index contributed by atoms with van der Waals surface area (Å²) in [6, 6.07) is 7.57. The Morgan fingerprint density at radius 2 is 2.13 bits per heavy atom. The molecule has 3 nitrogen and oxygen atoms in total. The minimum absolute atomic E-state index is 0.0398. The molecule has 1 amide bonds. The number of nitrogens with one attached hydrogen (secondary N) is 1. The Labute approximate surface area is 90.7 Å². The maximum absolute atomic E-state index is 11.7. The molecular formula is C12H18N2O. The Kier molecular flexibility index (Phi) is 4.31. The fraction of sp³-hybridized carbons (Fsp3) is 0.417. The maximum atomic E-state index is 11.7. The van der Waals surface area contributed by atoms with Gasteiger partial charge in [-0.05, 0) is 25.0 Å². The molecule has 0 aliphatic rings. The first kappa shape index (κ1) is 11.7. The standard InChI is InChI=1S/C12H18N2O/c1-3-10(13)8-14-12(15)11-7-5-4-6-9(11)2/h4-7,10H,3,8,13H2,1-2H3,(H,14,15). The quantitative estimate of drug-likeness (QED) is 0.783. The zero-order valence-corrected chi connectivity index (χ0v) is 9.29. The van der Waals surface area contributed by atoms with Crippen molar-refractivity contribution in [3.63, 3.8) is 0 Å². The number of hydrogen-bond donors (Lipinski definition) is 2. The van der Waals surface area contributed by atoms with E-state index in [4.69, 9.17) is 5.73 Å². The van der Waals surface area contributed by atoms with E-state index in [0.29, 0.717) is 6.54 Å². The predicted octanol–water partition coefficient (Wildman–Crippen LogP) is 1.46. The number of aryl methyl sites for hydroxylation is 1. The molecule has 1 aromatic rings. The molecule has 0 heterocycles. The van der Waals surface area contributed by atoms with Crippen LogP contribution >= 0.6 is 0 Å². The van der Waals surface area contributed by atoms with Crippen LogP contribution in [0.3, 0.4) is 0 Å². The van der Waals surface area contributed by atoms with Gasteiger partial charge in [0.1, 0.15) is 0 Å². The van der Waals surface area contributed by atoms with Crippen molar-refractivity contribution in [1.82, 2.24) is 5.32 Å². The molecule has 1 rings (SSSR count). The fourth-order valence-electron chi connectivity index (χ4n) is 1.29. The molecule has 3 N–H and O–H groups in total. The summed E-state index contributed by atoms with van der Waals surface area (Å²) >= 11 is 0. The number of carbonyl (C=O) groups excluding carboxylic acids is 1. The van der Waals surface area contributed by atoms with E-state index in [1.165, 1.54) is 0 Å². The molecule has 0 aliphatic heterocycles. The normalized spacial score (nSPS) is 12.2. The lowest BCUT2D eigenvalue weighted by atomic mass is 10.1. The molecule has 0 fully saturated rings. The first-order chi connectivity index (χ1) is 7.15. The third kappa shape index (κ3) is 3.36. The smallest absolute Gasteiger partial charge is 0.251 e. The molecular weight excluding hydrogens is 188 g/mol. The van der Waals surface area contributed by atoms with Crippen LogP contribution in [0.2, 0.25) is 0 Å². The molecule has 0 spiro atoms. The molecule has 15 heavy (non-hydrogen) atoms. The predicted molar refractivity (Wildman–Crippen MR) is 61.8 cm³/mol. The Hall–Kier alpha value is -1.35. The molecule has 3 heteroatoms. The summed E-state index contributed by atoms with van der Waals surface area (Å²) in [4.78, 5) is 11.7. The average Bonchev–Trinajstić information content (AvgIpc) is 2.26. The first-order valence-corrected chi connectivity index (χ1v) is 5.24. The second-order valence-electron chi connectivity index (χ2n) is 3.69. The van der Waals surface area contributed by atoms with Crippen LogP contribution in [0.1, 0.15) is 29.3 Å². The van der Waals surface area contributed by atoms with E-state index in [1.807, 2.05) is 38.1 Å². The Balaban J connectivity index is 2.58. The van der Waals surface area contributed by atoms with E-state index < -0.39 is 0 Å². The van der Waals surface area contributed by atoms with E-state index in [9.17, 15) is 4.79 Å². The lowest BCUT2D eigenvalue weighted by molar-refractivity contribution is 0.0950. The van der Waals surface area contributed by atoms with Gasteiger partial charge in [-0.1, -0.05) is 25.1 Å². The minimum Gasteiger partial charge on any atom is -0.350 e. The Bertz CT molecular complexity index is 336. The highest BCUT2D eigenvalue weighted by Gasteiger charge is 2.08. The van der Waals surface area contributed by atoms with Gasteiger partial charge < -0.3 is 11.1 Å². The van der Waals surface area contributed by atoms with Crippen molar-refractivity contribution in [2.24, 2.45) is 5.73 Å². The van der Waals surface area contributed by atoms with Crippen molar-refractivity contribution in [2.75, 3.05) is 6.54 Å². The molecule has 1 aromatic carbocycles. The van der Waals surface area contributed by atoms with Gasteiger partial charge in [0.25, 0.3) is 5.91 Å². The van der Waals surface area contributed by atoms with Crippen LogP contribution in [0.5, 0.6) is 0 Å². The number of amides is 1. The van der Waals surface area contributed by atoms with Crippen molar-refractivity contribution < 1.29 is 4.79 Å². The van der Waals surface area contributed by atoms with Crippen LogP contribution in [0, 0.1) is 6.92 Å². The summed E-state index contributed by atoms with van der Waals surface area (Å²) < 4.78 is 0. The lowest BCUT2D eigenvalue weighted by Gasteiger charge is -2.11. The molecule has 0 aromatic heterocycles. The van der Waals surface area contributed by atoms with E-state index in [1.54, 1.807) is 0 Å². The maximum Gasteiger partial charge on any atom is 0.251 e. The summed E-state index contributed by atoms with van der Waals surface area (Å²) in [5.74, 6) is -0.0444. The highest BCUT2D eigenvalue weighted by Crippen LogP contribution is 2.06. The van der Waals surface area contributed by atoms with E-state index in [-0.39, 0.29) is 11.9 Å². The van der Waals surface area contributed by atoms with Crippen LogP contribution in [-0.4, -0.2) is 18.5 Å². The van der Waals surface area contributed by atoms with Gasteiger partial charge in [-0.15, -0.1) is 0 Å². The SMILES string of the molecule is CCC(N)CNC(=O)c1ccccc1C. The average molecular weight is 206 g/mol. The van der Waals surface area contributed by atoms with E-state index in [0.717, 1.165) is 17.5 Å². The highest BCUT2D eigenvalue weighted by atomic mass is 16.1. The largest absolute Gasteiger partial charge is 0.350 e. The van der Waals surface area contributed by atoms with Crippen LogP contribution in [0.15, 0.2) is 24.3 Å². The van der Waals surface area contributed by atoms with Gasteiger partial charge in [-0.2, -0.15) is 0 Å². The molecule has 0 saturated carbocycles. The van der Waals surface area contributed by atoms with Crippen LogP contribution < -0.4 is 11.1 Å². The molecule has 0 saturated heterocycles. The first-order valence-electron chi connectivity index (χ1n) is 5.24. The number of nitrogens with two attached hydrogens (primary N) is 1. The lowest BCUT2D eigenvalue weighted by Crippen LogP contribution is -2.36. The topological polar surface area (TPSA) is 55.1 Å². The third-order valence-corrected chi connectivity index (χ3v) is 2.44. The molecule has 0 aliphatic carbocycles. The molecule has 1 unspecified atom stereocenters. The van der Waals surface area contributed by atoms with Crippen molar-refractivity contribution in [2.45, 2.75) is 26.3 Å². The third-order valence-electron chi connectivity index (χ3n) is 2.44. The van der Waals surface area contributed by atoms with Gasteiger partial charge in [0.15, 0.2) is 0 Å². The molecule has 1 atom stereocenters. The number of rotatable bonds is 4. The number of hydrogen-bond acceptors (Lipinski definition) is 2. The molecule has 0 bridgehead atoms. The van der Waals surface area contributed by atoms with Crippen molar-refractivity contribution >= 4 is 5.91 Å². The second-order valence-corrected chi connectivity index (χ2v) is 3.69. The van der Waals surface area contributed by atoms with Crippen LogP contribution in [0.4, 0.5) is 0 Å². The van der Waals surface area contributed by atoms with Crippen molar-refractivity contribution in [3.8, 4) is 0 Å². The monoisotopic (exact) mass is 206 g/mol. The molecule has 0 radical (unpaired) electrons. The zero-order chi connectivity index (χ0) is 11.3. The van der Waals surface area contributed by atoms with Gasteiger partial charge >= 0.3 is 0 Å². The van der Waals surface area contributed by atoms with Gasteiger partial charge in [-0.3, -0.25) is 4.79 Å². The summed E-state index contributed by atoms with van der Waals surface area (Å²) in [5.41, 5.74) is 7.43. The number of benzene rings is 1. The Morgan fingerprint density at radius 3 is 2.73 bits per heavy atom. The second kappa shape index (κ2) is 5.51. The van der Waals surface area contributed by atoms with Gasteiger partial charge in [0.2, 0.25) is 0 Å². The van der Waals surface area contributed by atoms with Gasteiger partial charge in [0, 0.05) is 18.2 Å². The van der Waals surface area contributed by atoms with Crippen molar-refractivity contribution in [1.29, 1.82) is 0 Å².